The van der Waals surface area contributed by atoms with Crippen molar-refractivity contribution < 1.29 is 9.90 Å². The van der Waals surface area contributed by atoms with Crippen molar-refractivity contribution >= 4 is 5.91 Å². The number of carbonyl (C=O) groups is 1. The number of rotatable bonds is 6. The van der Waals surface area contributed by atoms with Crippen LogP contribution in [0, 0.1) is 0 Å². The van der Waals surface area contributed by atoms with Gasteiger partial charge in [0.05, 0.1) is 6.10 Å². The number of amides is 1. The lowest BCUT2D eigenvalue weighted by molar-refractivity contribution is 0.0842. The number of aliphatic hydroxyl groups excluding tert-OH is 1. The third-order valence-electron chi connectivity index (χ3n) is 4.77. The normalized spacial score (nSPS) is 15.4. The highest BCUT2D eigenvalue weighted by atomic mass is 16.3. The van der Waals surface area contributed by atoms with Gasteiger partial charge in [0.15, 0.2) is 0 Å². The number of hydrogen-bond donors (Lipinski definition) is 2. The first-order valence-corrected chi connectivity index (χ1v) is 9.00. The van der Waals surface area contributed by atoms with Gasteiger partial charge in [0, 0.05) is 31.7 Å². The molecule has 4 nitrogen and oxygen atoms in total. The summed E-state index contributed by atoms with van der Waals surface area (Å²) in [6.07, 6.45) is 1.35. The summed E-state index contributed by atoms with van der Waals surface area (Å²) in [5.41, 5.74) is 4.53. The molecule has 2 N–H and O–H groups in total. The zero-order chi connectivity index (χ0) is 17.6. The van der Waals surface area contributed by atoms with E-state index in [-0.39, 0.29) is 12.5 Å². The third-order valence-corrected chi connectivity index (χ3v) is 4.77. The van der Waals surface area contributed by atoms with Crippen molar-refractivity contribution in [3.8, 4) is 0 Å². The molecule has 0 aromatic heterocycles. The fourth-order valence-corrected chi connectivity index (χ4v) is 3.32. The maximum absolute atomic E-state index is 12.2. The number of aliphatic hydroxyl groups is 1. The first-order chi connectivity index (χ1) is 12.2. The molecule has 132 valence electrons. The van der Waals surface area contributed by atoms with E-state index in [4.69, 9.17) is 0 Å². The smallest absolute Gasteiger partial charge is 0.251 e. The average Bonchev–Trinajstić information content (AvgIpc) is 2.66. The molecule has 2 aromatic rings. The number of nitrogens with zero attached hydrogens (tertiary/aromatic N) is 1. The molecule has 0 bridgehead atoms. The fourth-order valence-electron chi connectivity index (χ4n) is 3.32. The van der Waals surface area contributed by atoms with E-state index in [9.17, 15) is 9.90 Å². The number of β-amino-alcohol motifs (C(OH)–C–C–N with tert-alkyl or cyclic N) is 1. The zero-order valence-electron chi connectivity index (χ0n) is 14.7. The lowest BCUT2D eigenvalue weighted by atomic mass is 10.00. The van der Waals surface area contributed by atoms with E-state index >= 15 is 0 Å². The van der Waals surface area contributed by atoms with Crippen molar-refractivity contribution in [2.45, 2.75) is 32.4 Å². The van der Waals surface area contributed by atoms with E-state index in [1.54, 1.807) is 0 Å². The molecule has 0 radical (unpaired) electrons. The summed E-state index contributed by atoms with van der Waals surface area (Å²) >= 11 is 0. The average molecular weight is 338 g/mol. The fraction of sp³-hybridized carbons (Fsp3) is 0.381. The van der Waals surface area contributed by atoms with Gasteiger partial charge in [0.25, 0.3) is 5.91 Å². The molecular formula is C21H26N2O2. The molecular weight excluding hydrogens is 312 g/mol. The van der Waals surface area contributed by atoms with E-state index in [1.165, 1.54) is 11.1 Å². The zero-order valence-corrected chi connectivity index (χ0v) is 14.7. The molecule has 1 heterocycles. The minimum atomic E-state index is -0.566. The van der Waals surface area contributed by atoms with Crippen LogP contribution in [-0.2, 0) is 19.4 Å². The molecule has 1 aliphatic rings. The predicted molar refractivity (Wildman–Crippen MR) is 99.6 cm³/mol. The van der Waals surface area contributed by atoms with Crippen molar-refractivity contribution in [3.05, 3.63) is 70.8 Å². The summed E-state index contributed by atoms with van der Waals surface area (Å²) < 4.78 is 0. The summed E-state index contributed by atoms with van der Waals surface area (Å²) in [5.74, 6) is -0.127. The monoisotopic (exact) mass is 338 g/mol. The van der Waals surface area contributed by atoms with E-state index in [2.05, 4.69) is 41.4 Å². The van der Waals surface area contributed by atoms with Gasteiger partial charge in [-0.3, -0.25) is 9.69 Å². The third kappa shape index (κ3) is 4.68. The van der Waals surface area contributed by atoms with Gasteiger partial charge in [-0.1, -0.05) is 43.3 Å². The van der Waals surface area contributed by atoms with Crippen LogP contribution in [-0.4, -0.2) is 41.7 Å². The van der Waals surface area contributed by atoms with Crippen molar-refractivity contribution in [2.24, 2.45) is 0 Å². The van der Waals surface area contributed by atoms with E-state index < -0.39 is 6.10 Å². The van der Waals surface area contributed by atoms with Crippen LogP contribution in [0.25, 0.3) is 0 Å². The molecule has 1 aliphatic heterocycles. The molecule has 0 saturated heterocycles. The first kappa shape index (κ1) is 17.6. The Hall–Kier alpha value is -2.17. The lowest BCUT2D eigenvalue weighted by Gasteiger charge is -2.30. The van der Waals surface area contributed by atoms with Crippen LogP contribution in [0.3, 0.4) is 0 Å². The molecule has 0 fully saturated rings. The van der Waals surface area contributed by atoms with Crippen LogP contribution in [0.1, 0.15) is 34.0 Å². The highest BCUT2D eigenvalue weighted by molar-refractivity contribution is 5.94. The number of nitrogens with one attached hydrogen (secondary N) is 1. The van der Waals surface area contributed by atoms with Crippen LogP contribution in [0.15, 0.2) is 48.5 Å². The minimum absolute atomic E-state index is 0.127. The van der Waals surface area contributed by atoms with Gasteiger partial charge < -0.3 is 10.4 Å². The molecule has 0 aliphatic carbocycles. The second-order valence-corrected chi connectivity index (χ2v) is 6.67. The number of carbonyl (C=O) groups excluding carboxylic acids is 1. The second kappa shape index (κ2) is 8.28. The lowest BCUT2D eigenvalue weighted by Crippen LogP contribution is -2.42. The standard InChI is InChI=1S/C21H26N2O2/c1-2-16-6-5-9-18(12-16)21(25)22-13-20(24)15-23-11-10-17-7-3-4-8-19(17)14-23/h3-9,12,20,24H,2,10-11,13-15H2,1H3,(H,22,25). The molecule has 4 heteroatoms. The van der Waals surface area contributed by atoms with Crippen LogP contribution in [0.2, 0.25) is 0 Å². The molecule has 0 saturated carbocycles. The Bertz CT molecular complexity index is 729. The maximum Gasteiger partial charge on any atom is 0.251 e. The Labute approximate surface area is 149 Å². The number of benzene rings is 2. The molecule has 1 atom stereocenters. The summed E-state index contributed by atoms with van der Waals surface area (Å²) in [7, 11) is 0. The number of fused-ring (bicyclic) bond motifs is 1. The Morgan fingerprint density at radius 1 is 1.20 bits per heavy atom. The van der Waals surface area contributed by atoms with Crippen molar-refractivity contribution in [2.75, 3.05) is 19.6 Å². The summed E-state index contributed by atoms with van der Waals surface area (Å²) in [5, 5.41) is 13.1. The van der Waals surface area contributed by atoms with Gasteiger partial charge in [0.1, 0.15) is 0 Å². The van der Waals surface area contributed by atoms with Gasteiger partial charge in [-0.05, 0) is 41.7 Å². The molecule has 1 unspecified atom stereocenters. The minimum Gasteiger partial charge on any atom is -0.390 e. The van der Waals surface area contributed by atoms with E-state index in [0.717, 1.165) is 31.5 Å². The molecule has 2 aromatic carbocycles. The molecule has 1 amide bonds. The maximum atomic E-state index is 12.2. The van der Waals surface area contributed by atoms with Crippen molar-refractivity contribution in [1.29, 1.82) is 0 Å². The van der Waals surface area contributed by atoms with Gasteiger partial charge in [-0.2, -0.15) is 0 Å². The number of hydrogen-bond acceptors (Lipinski definition) is 3. The summed E-state index contributed by atoms with van der Waals surface area (Å²) in [4.78, 5) is 14.5. The molecule has 0 spiro atoms. The van der Waals surface area contributed by atoms with Gasteiger partial charge in [-0.15, -0.1) is 0 Å². The highest BCUT2D eigenvalue weighted by Gasteiger charge is 2.18. The topological polar surface area (TPSA) is 52.6 Å². The largest absolute Gasteiger partial charge is 0.390 e. The van der Waals surface area contributed by atoms with Crippen LogP contribution < -0.4 is 5.32 Å². The van der Waals surface area contributed by atoms with Crippen LogP contribution in [0.5, 0.6) is 0 Å². The van der Waals surface area contributed by atoms with Gasteiger partial charge >= 0.3 is 0 Å². The Balaban J connectivity index is 1.48. The van der Waals surface area contributed by atoms with Crippen LogP contribution >= 0.6 is 0 Å². The SMILES string of the molecule is CCc1cccc(C(=O)NCC(O)CN2CCc3ccccc3C2)c1. The van der Waals surface area contributed by atoms with Gasteiger partial charge in [-0.25, -0.2) is 0 Å². The van der Waals surface area contributed by atoms with Gasteiger partial charge in [0.2, 0.25) is 0 Å². The Kier molecular flexibility index (Phi) is 5.84. The predicted octanol–water partition coefficient (Wildman–Crippen LogP) is 2.40. The van der Waals surface area contributed by atoms with Crippen LogP contribution in [0.4, 0.5) is 0 Å². The molecule has 3 rings (SSSR count). The Morgan fingerprint density at radius 3 is 2.80 bits per heavy atom. The van der Waals surface area contributed by atoms with E-state index in [0.29, 0.717) is 12.1 Å². The Morgan fingerprint density at radius 2 is 2.00 bits per heavy atom. The molecule has 25 heavy (non-hydrogen) atoms. The summed E-state index contributed by atoms with van der Waals surface area (Å²) in [6.45, 7) is 4.72. The first-order valence-electron chi connectivity index (χ1n) is 9.00. The number of aryl methyl sites for hydroxylation is 1. The van der Waals surface area contributed by atoms with Crippen molar-refractivity contribution in [1.82, 2.24) is 10.2 Å². The second-order valence-electron chi connectivity index (χ2n) is 6.67. The highest BCUT2D eigenvalue weighted by Crippen LogP contribution is 2.18. The van der Waals surface area contributed by atoms with E-state index in [1.807, 2.05) is 24.3 Å². The van der Waals surface area contributed by atoms with Crippen molar-refractivity contribution in [3.63, 3.8) is 0 Å². The summed E-state index contributed by atoms with van der Waals surface area (Å²) in [6, 6.07) is 16.1. The quantitative estimate of drug-likeness (QED) is 0.850.